The Kier molecular flexibility index (Phi) is 3.46. The Morgan fingerprint density at radius 3 is 2.95 bits per heavy atom. The molecule has 0 saturated carbocycles. The number of hydrogen-bond donors (Lipinski definition) is 1. The van der Waals surface area contributed by atoms with Gasteiger partial charge in [-0.3, -0.25) is 4.68 Å². The van der Waals surface area contributed by atoms with E-state index in [-0.39, 0.29) is 0 Å². The second-order valence-electron chi connectivity index (χ2n) is 5.28. The first-order valence-electron chi connectivity index (χ1n) is 6.77. The molecule has 21 heavy (non-hydrogen) atoms. The fourth-order valence-corrected chi connectivity index (χ4v) is 3.73. The van der Waals surface area contributed by atoms with Crippen molar-refractivity contribution in [2.24, 2.45) is 7.05 Å². The van der Waals surface area contributed by atoms with Crippen molar-refractivity contribution in [3.05, 3.63) is 41.7 Å². The largest absolute Gasteiger partial charge is 0.384 e. The third-order valence-corrected chi connectivity index (χ3v) is 5.46. The van der Waals surface area contributed by atoms with Crippen molar-refractivity contribution in [1.29, 1.82) is 0 Å². The highest BCUT2D eigenvalue weighted by Crippen LogP contribution is 2.26. The van der Waals surface area contributed by atoms with E-state index in [0.717, 1.165) is 29.8 Å². The molecule has 1 aliphatic rings. The van der Waals surface area contributed by atoms with Crippen molar-refractivity contribution in [3.8, 4) is 0 Å². The molecule has 0 unspecified atom stereocenters. The molecule has 0 radical (unpaired) electrons. The van der Waals surface area contributed by atoms with Crippen LogP contribution in [-0.2, 0) is 30.0 Å². The summed E-state index contributed by atoms with van der Waals surface area (Å²) >= 11 is 0. The highest BCUT2D eigenvalue weighted by atomic mass is 32.2. The van der Waals surface area contributed by atoms with E-state index in [2.05, 4.69) is 10.4 Å². The lowest BCUT2D eigenvalue weighted by atomic mass is 10.2. The average molecular weight is 306 g/mol. The molecule has 0 atom stereocenters. The van der Waals surface area contributed by atoms with Crippen LogP contribution in [-0.4, -0.2) is 36.1 Å². The molecular formula is C14H18N4O2S. The summed E-state index contributed by atoms with van der Waals surface area (Å²) in [5.41, 5.74) is 2.96. The number of anilines is 1. The molecule has 0 fully saturated rings. The van der Waals surface area contributed by atoms with Gasteiger partial charge in [-0.1, -0.05) is 0 Å². The molecule has 0 saturated heterocycles. The molecule has 1 aromatic heterocycles. The first-order chi connectivity index (χ1) is 9.96. The molecule has 3 rings (SSSR count). The summed E-state index contributed by atoms with van der Waals surface area (Å²) in [5, 5.41) is 7.29. The lowest BCUT2D eigenvalue weighted by Gasteiger charge is -2.17. The maximum Gasteiger partial charge on any atom is 0.243 e. The van der Waals surface area contributed by atoms with Crippen molar-refractivity contribution < 1.29 is 8.42 Å². The minimum Gasteiger partial charge on any atom is -0.384 e. The Bertz CT molecular complexity index is 767. The summed E-state index contributed by atoms with van der Waals surface area (Å²) in [6.45, 7) is 1.18. The van der Waals surface area contributed by atoms with Gasteiger partial charge in [-0.05, 0) is 30.2 Å². The molecule has 0 amide bonds. The lowest BCUT2D eigenvalue weighted by molar-refractivity contribution is 0.466. The fraction of sp³-hybridized carbons (Fsp3) is 0.357. The van der Waals surface area contributed by atoms with Gasteiger partial charge in [0.05, 0.1) is 11.1 Å². The minimum atomic E-state index is -3.48. The van der Waals surface area contributed by atoms with Crippen molar-refractivity contribution in [2.75, 3.05) is 18.9 Å². The predicted octanol–water partition coefficient (Wildman–Crippen LogP) is 1.21. The Hall–Kier alpha value is -1.86. The second kappa shape index (κ2) is 5.16. The van der Waals surface area contributed by atoms with Gasteiger partial charge in [-0.25, -0.2) is 8.42 Å². The van der Waals surface area contributed by atoms with E-state index >= 15 is 0 Å². The zero-order valence-corrected chi connectivity index (χ0v) is 12.9. The fourth-order valence-electron chi connectivity index (χ4n) is 2.52. The van der Waals surface area contributed by atoms with Gasteiger partial charge in [0, 0.05) is 44.6 Å². The number of sulfonamides is 1. The van der Waals surface area contributed by atoms with Crippen LogP contribution in [0.25, 0.3) is 0 Å². The van der Waals surface area contributed by atoms with E-state index in [4.69, 9.17) is 0 Å². The Morgan fingerprint density at radius 2 is 2.24 bits per heavy atom. The van der Waals surface area contributed by atoms with Crippen LogP contribution in [0.15, 0.2) is 35.5 Å². The van der Waals surface area contributed by atoms with Gasteiger partial charge in [0.1, 0.15) is 0 Å². The summed E-state index contributed by atoms with van der Waals surface area (Å²) in [4.78, 5) is 0.344. The minimum absolute atomic E-state index is 0.311. The van der Waals surface area contributed by atoms with Crippen molar-refractivity contribution in [1.82, 2.24) is 14.1 Å². The van der Waals surface area contributed by atoms with E-state index in [1.165, 1.54) is 4.31 Å². The topological polar surface area (TPSA) is 67.2 Å². The summed E-state index contributed by atoms with van der Waals surface area (Å²) in [7, 11) is -0.0789. The van der Waals surface area contributed by atoms with Crippen molar-refractivity contribution >= 4 is 15.7 Å². The number of hydrogen-bond acceptors (Lipinski definition) is 4. The summed E-state index contributed by atoms with van der Waals surface area (Å²) < 4.78 is 28.3. The zero-order chi connectivity index (χ0) is 15.0. The average Bonchev–Trinajstić information content (AvgIpc) is 3.06. The number of aromatic nitrogens is 2. The van der Waals surface area contributed by atoms with Gasteiger partial charge >= 0.3 is 0 Å². The molecule has 1 aromatic carbocycles. The monoisotopic (exact) mass is 306 g/mol. The quantitative estimate of drug-likeness (QED) is 0.922. The van der Waals surface area contributed by atoms with Gasteiger partial charge in [0.25, 0.3) is 0 Å². The van der Waals surface area contributed by atoms with E-state index in [0.29, 0.717) is 11.4 Å². The molecule has 2 heterocycles. The molecule has 1 N–H and O–H groups in total. The highest BCUT2D eigenvalue weighted by Gasteiger charge is 2.23. The normalized spacial score (nSPS) is 14.2. The van der Waals surface area contributed by atoms with Crippen LogP contribution in [0, 0.1) is 0 Å². The number of fused-ring (bicyclic) bond motifs is 1. The maximum atomic E-state index is 12.6. The maximum absolute atomic E-state index is 12.6. The van der Waals surface area contributed by atoms with E-state index < -0.39 is 10.0 Å². The summed E-state index contributed by atoms with van der Waals surface area (Å²) in [6, 6.07) is 5.27. The number of nitrogens with zero attached hydrogens (tertiary/aromatic N) is 3. The van der Waals surface area contributed by atoms with Crippen molar-refractivity contribution in [3.63, 3.8) is 0 Å². The first kappa shape index (κ1) is 14.1. The molecule has 2 aromatic rings. The zero-order valence-electron chi connectivity index (χ0n) is 12.1. The highest BCUT2D eigenvalue weighted by molar-refractivity contribution is 7.89. The summed E-state index contributed by atoms with van der Waals surface area (Å²) in [6.07, 6.45) is 4.36. The molecule has 7 heteroatoms. The Labute approximate surface area is 124 Å². The van der Waals surface area contributed by atoms with Gasteiger partial charge in [0.2, 0.25) is 10.0 Å². The van der Waals surface area contributed by atoms with Crippen LogP contribution < -0.4 is 5.32 Å². The van der Waals surface area contributed by atoms with Crippen LogP contribution in [0.2, 0.25) is 0 Å². The molecule has 6 nitrogen and oxygen atoms in total. The molecule has 0 aliphatic carbocycles. The van der Waals surface area contributed by atoms with E-state index in [9.17, 15) is 8.42 Å². The number of nitrogens with one attached hydrogen (secondary N) is 1. The van der Waals surface area contributed by atoms with Crippen LogP contribution in [0.1, 0.15) is 11.1 Å². The second-order valence-corrected chi connectivity index (χ2v) is 7.32. The van der Waals surface area contributed by atoms with Gasteiger partial charge in [-0.2, -0.15) is 9.40 Å². The van der Waals surface area contributed by atoms with E-state index in [1.807, 2.05) is 19.3 Å². The molecule has 0 bridgehead atoms. The van der Waals surface area contributed by atoms with Gasteiger partial charge < -0.3 is 5.32 Å². The molecule has 1 aliphatic heterocycles. The lowest BCUT2D eigenvalue weighted by Crippen LogP contribution is -2.26. The number of rotatable bonds is 4. The standard InChI is InChI=1S/C14H18N4O2S/c1-17-9-11(8-16-17)10-18(2)21(19,20)13-3-4-14-12(7-13)5-6-15-14/h3-4,7-9,15H,5-6,10H2,1-2H3. The molecular weight excluding hydrogens is 288 g/mol. The third kappa shape index (κ3) is 2.66. The summed E-state index contributed by atoms with van der Waals surface area (Å²) in [5.74, 6) is 0. The third-order valence-electron chi connectivity index (χ3n) is 3.66. The number of benzene rings is 1. The van der Waals surface area contributed by atoms with Crippen LogP contribution in [0.5, 0.6) is 0 Å². The van der Waals surface area contributed by atoms with Crippen LogP contribution >= 0.6 is 0 Å². The SMILES string of the molecule is CN(Cc1cnn(C)c1)S(=O)(=O)c1ccc2c(c1)CCN2. The van der Waals surface area contributed by atoms with Gasteiger partial charge in [0.15, 0.2) is 0 Å². The van der Waals surface area contributed by atoms with Crippen LogP contribution in [0.3, 0.4) is 0 Å². The Morgan fingerprint density at radius 1 is 1.43 bits per heavy atom. The Balaban J connectivity index is 1.85. The van der Waals surface area contributed by atoms with E-state index in [1.54, 1.807) is 30.1 Å². The smallest absolute Gasteiger partial charge is 0.243 e. The first-order valence-corrected chi connectivity index (χ1v) is 8.21. The van der Waals surface area contributed by atoms with Crippen molar-refractivity contribution in [2.45, 2.75) is 17.9 Å². The molecule has 112 valence electrons. The predicted molar refractivity (Wildman–Crippen MR) is 80.5 cm³/mol. The number of aryl methyl sites for hydroxylation is 1. The van der Waals surface area contributed by atoms with Gasteiger partial charge in [-0.15, -0.1) is 0 Å². The molecule has 0 spiro atoms. The van der Waals surface area contributed by atoms with Crippen LogP contribution in [0.4, 0.5) is 5.69 Å².